The molecule has 1 unspecified atom stereocenters. The number of carbonyl (C=O) groups is 1. The third kappa shape index (κ3) is 5.93. The Kier molecular flexibility index (Phi) is 6.44. The zero-order valence-electron chi connectivity index (χ0n) is 14.8. The maximum atomic E-state index is 12.0. The second-order valence-electron chi connectivity index (χ2n) is 7.51. The Morgan fingerprint density at radius 3 is 2.58 bits per heavy atom. The van der Waals surface area contributed by atoms with Crippen LogP contribution in [0, 0.1) is 5.92 Å². The lowest BCUT2D eigenvalue weighted by molar-refractivity contribution is -0.121. The topological polar surface area (TPSA) is 63.2 Å². The number of hydrogen-bond acceptors (Lipinski definition) is 3. The lowest BCUT2D eigenvalue weighted by atomic mass is 9.80. The van der Waals surface area contributed by atoms with Gasteiger partial charge in [0.2, 0.25) is 5.91 Å². The minimum atomic E-state index is -2.79. The lowest BCUT2D eigenvalue weighted by Gasteiger charge is -2.25. The van der Waals surface area contributed by atoms with Crippen LogP contribution >= 0.6 is 0 Å². The van der Waals surface area contributed by atoms with E-state index >= 15 is 0 Å². The van der Waals surface area contributed by atoms with E-state index in [0.29, 0.717) is 24.5 Å². The first-order valence-electron chi connectivity index (χ1n) is 8.81. The van der Waals surface area contributed by atoms with E-state index in [0.717, 1.165) is 25.7 Å². The van der Waals surface area contributed by atoms with E-state index in [-0.39, 0.29) is 17.2 Å². The normalized spacial score (nSPS) is 20.0. The number of sulfone groups is 1. The van der Waals surface area contributed by atoms with E-state index in [1.165, 1.54) is 5.56 Å². The monoisotopic (exact) mass is 351 g/mol. The Morgan fingerprint density at radius 2 is 1.96 bits per heavy atom. The number of rotatable bonds is 8. The molecule has 1 fully saturated rings. The highest BCUT2D eigenvalue weighted by Crippen LogP contribution is 2.28. The lowest BCUT2D eigenvalue weighted by Crippen LogP contribution is -2.27. The number of amides is 1. The molecule has 0 bridgehead atoms. The molecule has 1 aliphatic heterocycles. The van der Waals surface area contributed by atoms with Gasteiger partial charge in [-0.05, 0) is 42.6 Å². The summed E-state index contributed by atoms with van der Waals surface area (Å²) < 4.78 is 22.8. The van der Waals surface area contributed by atoms with Gasteiger partial charge in [-0.2, -0.15) is 0 Å². The van der Waals surface area contributed by atoms with Gasteiger partial charge >= 0.3 is 0 Å². The molecule has 0 aliphatic carbocycles. The van der Waals surface area contributed by atoms with Gasteiger partial charge in [-0.1, -0.05) is 44.2 Å². The quantitative estimate of drug-likeness (QED) is 0.732. The van der Waals surface area contributed by atoms with Crippen LogP contribution in [-0.4, -0.2) is 32.4 Å². The first-order chi connectivity index (χ1) is 11.3. The molecule has 0 saturated carbocycles. The number of hydrogen-bond donors (Lipinski definition) is 1. The Morgan fingerprint density at radius 1 is 1.25 bits per heavy atom. The van der Waals surface area contributed by atoms with Crippen molar-refractivity contribution in [2.75, 3.05) is 18.1 Å². The fraction of sp³-hybridized carbons (Fsp3) is 0.632. The van der Waals surface area contributed by atoms with E-state index in [4.69, 9.17) is 0 Å². The smallest absolute Gasteiger partial charge is 0.220 e. The van der Waals surface area contributed by atoms with Crippen molar-refractivity contribution in [1.82, 2.24) is 5.32 Å². The van der Waals surface area contributed by atoms with Gasteiger partial charge in [-0.15, -0.1) is 0 Å². The summed E-state index contributed by atoms with van der Waals surface area (Å²) in [5, 5.41) is 2.96. The van der Waals surface area contributed by atoms with E-state index in [1.807, 2.05) is 18.2 Å². The van der Waals surface area contributed by atoms with Crippen LogP contribution in [0.25, 0.3) is 0 Å². The fourth-order valence-corrected chi connectivity index (χ4v) is 5.18. The predicted molar refractivity (Wildman–Crippen MR) is 97.7 cm³/mol. The summed E-state index contributed by atoms with van der Waals surface area (Å²) in [7, 11) is -2.79. The number of carbonyl (C=O) groups excluding carboxylic acids is 1. The predicted octanol–water partition coefficient (Wildman–Crippen LogP) is 3.08. The molecule has 0 spiro atoms. The molecule has 0 aromatic heterocycles. The molecule has 2 rings (SSSR count). The third-order valence-corrected chi connectivity index (χ3v) is 6.81. The van der Waals surface area contributed by atoms with Crippen LogP contribution in [0.15, 0.2) is 30.3 Å². The number of nitrogens with one attached hydrogen (secondary N) is 1. The molecule has 1 atom stereocenters. The van der Waals surface area contributed by atoms with Crippen LogP contribution in [0.1, 0.15) is 51.5 Å². The van der Waals surface area contributed by atoms with E-state index < -0.39 is 9.84 Å². The third-order valence-electron chi connectivity index (χ3n) is 4.97. The molecule has 134 valence electrons. The van der Waals surface area contributed by atoms with Crippen LogP contribution in [-0.2, 0) is 20.0 Å². The summed E-state index contributed by atoms with van der Waals surface area (Å²) in [6.45, 7) is 4.97. The molecule has 1 aromatic rings. The molecule has 1 heterocycles. The largest absolute Gasteiger partial charge is 0.356 e. The van der Waals surface area contributed by atoms with Gasteiger partial charge in [0, 0.05) is 13.0 Å². The Balaban J connectivity index is 1.63. The Hall–Kier alpha value is -1.36. The summed E-state index contributed by atoms with van der Waals surface area (Å²) >= 11 is 0. The fourth-order valence-electron chi connectivity index (χ4n) is 3.27. The summed E-state index contributed by atoms with van der Waals surface area (Å²) in [6.07, 6.45) is 3.84. The van der Waals surface area contributed by atoms with Gasteiger partial charge in [0.25, 0.3) is 0 Å². The van der Waals surface area contributed by atoms with Crippen LogP contribution in [0.5, 0.6) is 0 Å². The van der Waals surface area contributed by atoms with Crippen molar-refractivity contribution in [3.63, 3.8) is 0 Å². The molecular formula is C19H29NO3S. The zero-order valence-corrected chi connectivity index (χ0v) is 15.6. The molecule has 24 heavy (non-hydrogen) atoms. The van der Waals surface area contributed by atoms with Gasteiger partial charge in [-0.25, -0.2) is 8.42 Å². The van der Waals surface area contributed by atoms with Gasteiger partial charge in [0.1, 0.15) is 0 Å². The molecule has 0 radical (unpaired) electrons. The standard InChI is InChI=1S/C19H29NO3S/c1-19(2,17-8-4-3-5-9-17)12-10-18(21)20-13-6-7-16-11-14-24(22,23)15-16/h3-5,8-9,16H,6-7,10-15H2,1-2H3,(H,20,21). The average Bonchev–Trinajstić information content (AvgIpc) is 2.90. The minimum Gasteiger partial charge on any atom is -0.356 e. The molecular weight excluding hydrogens is 322 g/mol. The van der Waals surface area contributed by atoms with Crippen molar-refractivity contribution >= 4 is 15.7 Å². The molecule has 4 nitrogen and oxygen atoms in total. The van der Waals surface area contributed by atoms with Crippen molar-refractivity contribution in [2.24, 2.45) is 5.92 Å². The zero-order chi connectivity index (χ0) is 17.6. The van der Waals surface area contributed by atoms with Crippen LogP contribution < -0.4 is 5.32 Å². The van der Waals surface area contributed by atoms with Gasteiger partial charge in [-0.3, -0.25) is 4.79 Å². The minimum absolute atomic E-state index is 0.0171. The number of benzene rings is 1. The molecule has 1 aromatic carbocycles. The highest BCUT2D eigenvalue weighted by Gasteiger charge is 2.27. The van der Waals surface area contributed by atoms with Crippen LogP contribution in [0.4, 0.5) is 0 Å². The molecule has 1 aliphatic rings. The van der Waals surface area contributed by atoms with Crippen molar-refractivity contribution in [2.45, 2.75) is 51.4 Å². The van der Waals surface area contributed by atoms with Crippen LogP contribution in [0.3, 0.4) is 0 Å². The Bertz CT molecular complexity index is 638. The molecule has 1 saturated heterocycles. The van der Waals surface area contributed by atoms with Crippen molar-refractivity contribution in [1.29, 1.82) is 0 Å². The van der Waals surface area contributed by atoms with E-state index in [1.54, 1.807) is 0 Å². The highest BCUT2D eigenvalue weighted by molar-refractivity contribution is 7.91. The maximum absolute atomic E-state index is 12.0. The van der Waals surface area contributed by atoms with E-state index in [2.05, 4.69) is 31.3 Å². The molecule has 1 amide bonds. The summed E-state index contributed by atoms with van der Waals surface area (Å²) in [4.78, 5) is 12.0. The van der Waals surface area contributed by atoms with Gasteiger partial charge < -0.3 is 5.32 Å². The van der Waals surface area contributed by atoms with Gasteiger partial charge in [0.15, 0.2) is 9.84 Å². The van der Waals surface area contributed by atoms with E-state index in [9.17, 15) is 13.2 Å². The van der Waals surface area contributed by atoms with Gasteiger partial charge in [0.05, 0.1) is 11.5 Å². The maximum Gasteiger partial charge on any atom is 0.220 e. The summed E-state index contributed by atoms with van der Waals surface area (Å²) in [5.41, 5.74) is 1.23. The van der Waals surface area contributed by atoms with Crippen molar-refractivity contribution in [3.8, 4) is 0 Å². The first-order valence-corrected chi connectivity index (χ1v) is 10.6. The van der Waals surface area contributed by atoms with Crippen LogP contribution in [0.2, 0.25) is 0 Å². The molecule has 1 N–H and O–H groups in total. The SMILES string of the molecule is CC(C)(CCC(=O)NCCCC1CCS(=O)(=O)C1)c1ccccc1. The van der Waals surface area contributed by atoms with Crippen molar-refractivity contribution in [3.05, 3.63) is 35.9 Å². The second kappa shape index (κ2) is 8.15. The van der Waals surface area contributed by atoms with Crippen molar-refractivity contribution < 1.29 is 13.2 Å². The summed E-state index contributed by atoms with van der Waals surface area (Å²) in [6, 6.07) is 10.3. The Labute approximate surface area is 146 Å². The first kappa shape index (κ1) is 19.0. The highest BCUT2D eigenvalue weighted by atomic mass is 32.2. The summed E-state index contributed by atoms with van der Waals surface area (Å²) in [5.74, 6) is 1.02. The second-order valence-corrected chi connectivity index (χ2v) is 9.74. The molecule has 5 heteroatoms. The average molecular weight is 352 g/mol.